The van der Waals surface area contributed by atoms with Crippen molar-refractivity contribution in [1.29, 1.82) is 0 Å². The third-order valence-corrected chi connectivity index (χ3v) is 4.86. The molecule has 108 valence electrons. The van der Waals surface area contributed by atoms with Crippen LogP contribution in [-0.2, 0) is 4.79 Å². The van der Waals surface area contributed by atoms with Gasteiger partial charge in [-0.3, -0.25) is 9.78 Å². The Kier molecular flexibility index (Phi) is 2.93. The lowest BCUT2D eigenvalue weighted by Gasteiger charge is -2.60. The molecule has 1 saturated carbocycles. The Hall–Kier alpha value is -1.38. The Morgan fingerprint density at radius 3 is 2.45 bits per heavy atom. The molecule has 1 atom stereocenters. The van der Waals surface area contributed by atoms with Crippen LogP contribution in [0.2, 0.25) is 0 Å². The summed E-state index contributed by atoms with van der Waals surface area (Å²) in [6.45, 7) is 8.45. The van der Waals surface area contributed by atoms with Crippen molar-refractivity contribution in [3.63, 3.8) is 0 Å². The molecule has 0 unspecified atom stereocenters. The summed E-state index contributed by atoms with van der Waals surface area (Å²) < 4.78 is 0. The van der Waals surface area contributed by atoms with Crippen LogP contribution >= 0.6 is 0 Å². The molecule has 1 aliphatic carbocycles. The zero-order valence-corrected chi connectivity index (χ0v) is 12.9. The highest BCUT2D eigenvalue weighted by Gasteiger charge is 2.63. The Bertz CT molecular complexity index is 538. The summed E-state index contributed by atoms with van der Waals surface area (Å²) in [4.78, 5) is 19.2. The van der Waals surface area contributed by atoms with Crippen LogP contribution in [0.15, 0.2) is 18.5 Å². The number of aryl methyl sites for hydroxylation is 1. The summed E-state index contributed by atoms with van der Waals surface area (Å²) in [5.41, 5.74) is 2.12. The molecule has 1 aliphatic heterocycles. The monoisotopic (exact) mass is 272 g/mol. The standard InChI is InChI=1S/C17H24N2O/c1-12-9-13(11-18-10-12)14-17(7-5-6-8-17)15(20)19(14)16(2,3)4/h9-11,14H,5-8H2,1-4H3/t14-/m1/s1. The van der Waals surface area contributed by atoms with Crippen LogP contribution in [0.5, 0.6) is 0 Å². The number of aromatic nitrogens is 1. The van der Waals surface area contributed by atoms with Crippen LogP contribution in [0.4, 0.5) is 0 Å². The normalized spacial score (nSPS) is 25.1. The van der Waals surface area contributed by atoms with E-state index in [1.807, 2.05) is 12.4 Å². The Morgan fingerprint density at radius 1 is 1.25 bits per heavy atom. The molecule has 2 heterocycles. The lowest BCUT2D eigenvalue weighted by atomic mass is 9.64. The first-order valence-corrected chi connectivity index (χ1v) is 7.62. The van der Waals surface area contributed by atoms with Crippen LogP contribution in [0, 0.1) is 12.3 Å². The highest BCUT2D eigenvalue weighted by atomic mass is 16.2. The van der Waals surface area contributed by atoms with E-state index in [9.17, 15) is 4.79 Å². The van der Waals surface area contributed by atoms with Crippen molar-refractivity contribution in [3.05, 3.63) is 29.6 Å². The first kappa shape index (κ1) is 13.6. The number of nitrogens with zero attached hydrogens (tertiary/aromatic N) is 2. The Balaban J connectivity index is 2.05. The molecule has 0 aromatic carbocycles. The maximum absolute atomic E-state index is 12.8. The van der Waals surface area contributed by atoms with Gasteiger partial charge in [-0.1, -0.05) is 18.9 Å². The zero-order chi connectivity index (χ0) is 14.5. The van der Waals surface area contributed by atoms with Crippen LogP contribution in [-0.4, -0.2) is 21.3 Å². The summed E-state index contributed by atoms with van der Waals surface area (Å²) in [7, 11) is 0. The van der Waals surface area contributed by atoms with E-state index in [0.717, 1.165) is 12.8 Å². The average molecular weight is 272 g/mol. The van der Waals surface area contributed by atoms with Gasteiger partial charge in [0.15, 0.2) is 0 Å². The van der Waals surface area contributed by atoms with Crippen LogP contribution in [0.3, 0.4) is 0 Å². The number of likely N-dealkylation sites (tertiary alicyclic amines) is 1. The fourth-order valence-electron chi connectivity index (χ4n) is 4.04. The van der Waals surface area contributed by atoms with E-state index in [1.54, 1.807) is 0 Å². The topological polar surface area (TPSA) is 33.2 Å². The van der Waals surface area contributed by atoms with E-state index in [2.05, 4.69) is 43.6 Å². The van der Waals surface area contributed by atoms with Crippen molar-refractivity contribution in [2.75, 3.05) is 0 Å². The predicted molar refractivity (Wildman–Crippen MR) is 79.2 cm³/mol. The molecule has 1 saturated heterocycles. The van der Waals surface area contributed by atoms with Gasteiger partial charge in [0.05, 0.1) is 11.5 Å². The van der Waals surface area contributed by atoms with E-state index >= 15 is 0 Å². The maximum atomic E-state index is 12.8. The van der Waals surface area contributed by atoms with Gasteiger partial charge in [0.2, 0.25) is 5.91 Å². The first-order chi connectivity index (χ1) is 9.36. The molecule has 3 rings (SSSR count). The van der Waals surface area contributed by atoms with Crippen LogP contribution < -0.4 is 0 Å². The summed E-state index contributed by atoms with van der Waals surface area (Å²) in [6.07, 6.45) is 8.27. The average Bonchev–Trinajstić information content (AvgIpc) is 2.85. The minimum atomic E-state index is -0.136. The third kappa shape index (κ3) is 1.79. The number of carbonyl (C=O) groups is 1. The zero-order valence-electron chi connectivity index (χ0n) is 12.9. The molecule has 1 amide bonds. The van der Waals surface area contributed by atoms with Gasteiger partial charge in [0, 0.05) is 17.9 Å². The van der Waals surface area contributed by atoms with Crippen molar-refractivity contribution in [3.8, 4) is 0 Å². The SMILES string of the molecule is Cc1cncc([C@H]2N(C(C)(C)C)C(=O)C23CCCC3)c1. The fraction of sp³-hybridized carbons (Fsp3) is 0.647. The molecule has 1 aromatic rings. The number of rotatable bonds is 1. The predicted octanol–water partition coefficient (Wildman–Crippen LogP) is 3.63. The summed E-state index contributed by atoms with van der Waals surface area (Å²) in [6, 6.07) is 2.41. The van der Waals surface area contributed by atoms with E-state index < -0.39 is 0 Å². The molecule has 0 bridgehead atoms. The minimum absolute atomic E-state index is 0.126. The first-order valence-electron chi connectivity index (χ1n) is 7.62. The van der Waals surface area contributed by atoms with Crippen molar-refractivity contribution in [1.82, 2.24) is 9.88 Å². The van der Waals surface area contributed by atoms with Crippen LogP contribution in [0.1, 0.15) is 63.6 Å². The molecule has 2 aliphatic rings. The molecular formula is C17H24N2O. The molecule has 3 heteroatoms. The number of hydrogen-bond donors (Lipinski definition) is 0. The summed E-state index contributed by atoms with van der Waals surface area (Å²) in [5.74, 6) is 0.356. The van der Waals surface area contributed by atoms with Gasteiger partial charge in [-0.15, -0.1) is 0 Å². The number of carbonyl (C=O) groups excluding carboxylic acids is 1. The van der Waals surface area contributed by atoms with Crippen molar-refractivity contribution in [2.24, 2.45) is 5.41 Å². The molecule has 1 aromatic heterocycles. The van der Waals surface area contributed by atoms with Gasteiger partial charge in [0.1, 0.15) is 0 Å². The highest BCUT2D eigenvalue weighted by Crippen LogP contribution is 2.60. The van der Waals surface area contributed by atoms with E-state index in [0.29, 0.717) is 5.91 Å². The molecule has 0 N–H and O–H groups in total. The summed E-state index contributed by atoms with van der Waals surface area (Å²) in [5, 5.41) is 0. The van der Waals surface area contributed by atoms with Crippen molar-refractivity contribution in [2.45, 2.75) is 65.0 Å². The smallest absolute Gasteiger partial charge is 0.232 e. The van der Waals surface area contributed by atoms with Gasteiger partial charge in [-0.05, 0) is 51.7 Å². The van der Waals surface area contributed by atoms with Gasteiger partial charge in [-0.2, -0.15) is 0 Å². The van der Waals surface area contributed by atoms with Crippen molar-refractivity contribution >= 4 is 5.91 Å². The van der Waals surface area contributed by atoms with E-state index in [1.165, 1.54) is 24.0 Å². The van der Waals surface area contributed by atoms with Gasteiger partial charge in [0.25, 0.3) is 0 Å². The second kappa shape index (κ2) is 4.31. The highest BCUT2D eigenvalue weighted by molar-refractivity contribution is 5.91. The van der Waals surface area contributed by atoms with Crippen molar-refractivity contribution < 1.29 is 4.79 Å². The molecular weight excluding hydrogens is 248 g/mol. The Morgan fingerprint density at radius 2 is 1.90 bits per heavy atom. The largest absolute Gasteiger partial charge is 0.329 e. The Labute approximate surface area is 121 Å². The number of β-lactam (4-membered cyclic amide) rings is 1. The number of amides is 1. The molecule has 1 spiro atoms. The molecule has 20 heavy (non-hydrogen) atoms. The summed E-state index contributed by atoms with van der Waals surface area (Å²) >= 11 is 0. The van der Waals surface area contributed by atoms with E-state index in [4.69, 9.17) is 0 Å². The fourth-order valence-corrected chi connectivity index (χ4v) is 4.04. The lowest BCUT2D eigenvalue weighted by Crippen LogP contribution is -2.67. The second-order valence-electron chi connectivity index (χ2n) is 7.41. The molecule has 0 radical (unpaired) electrons. The van der Waals surface area contributed by atoms with E-state index in [-0.39, 0.29) is 17.0 Å². The lowest BCUT2D eigenvalue weighted by molar-refractivity contribution is -0.184. The van der Waals surface area contributed by atoms with Gasteiger partial charge >= 0.3 is 0 Å². The van der Waals surface area contributed by atoms with Crippen LogP contribution in [0.25, 0.3) is 0 Å². The maximum Gasteiger partial charge on any atom is 0.232 e. The van der Waals surface area contributed by atoms with Gasteiger partial charge in [-0.25, -0.2) is 0 Å². The second-order valence-corrected chi connectivity index (χ2v) is 7.41. The number of pyridine rings is 1. The minimum Gasteiger partial charge on any atom is -0.329 e. The molecule has 3 nitrogen and oxygen atoms in total. The molecule has 2 fully saturated rings. The quantitative estimate of drug-likeness (QED) is 0.731. The number of hydrogen-bond acceptors (Lipinski definition) is 2. The van der Waals surface area contributed by atoms with Gasteiger partial charge < -0.3 is 4.90 Å². The third-order valence-electron chi connectivity index (χ3n) is 4.86.